The fraction of sp³-hybridized carbons (Fsp3) is 0.310. The zero-order valence-corrected chi connectivity index (χ0v) is 21.4. The van der Waals surface area contributed by atoms with Crippen LogP contribution in [0.5, 0.6) is 0 Å². The van der Waals surface area contributed by atoms with E-state index in [-0.39, 0.29) is 31.5 Å². The summed E-state index contributed by atoms with van der Waals surface area (Å²) in [7, 11) is 0. The predicted molar refractivity (Wildman–Crippen MR) is 141 cm³/mol. The molecule has 0 aliphatic rings. The zero-order valence-electron chi connectivity index (χ0n) is 21.4. The van der Waals surface area contributed by atoms with Gasteiger partial charge in [-0.3, -0.25) is 19.2 Å². The van der Waals surface area contributed by atoms with Crippen molar-refractivity contribution in [2.45, 2.75) is 39.2 Å². The van der Waals surface area contributed by atoms with Gasteiger partial charge in [0.2, 0.25) is 12.3 Å². The molecule has 0 fully saturated rings. The van der Waals surface area contributed by atoms with Gasteiger partial charge in [0, 0.05) is 5.56 Å². The van der Waals surface area contributed by atoms with Gasteiger partial charge in [-0.05, 0) is 48.4 Å². The van der Waals surface area contributed by atoms with E-state index in [0.717, 1.165) is 35.5 Å². The molecular formula is C29H32N4O5. The molecule has 3 rings (SSSR count). The van der Waals surface area contributed by atoms with Crippen molar-refractivity contribution in [2.24, 2.45) is 5.92 Å². The first-order valence-electron chi connectivity index (χ1n) is 12.6. The number of nitrogens with zero attached hydrogens (tertiary/aromatic N) is 2. The molecule has 9 heteroatoms. The summed E-state index contributed by atoms with van der Waals surface area (Å²) < 4.78 is 5.64. The second-order valence-electron chi connectivity index (χ2n) is 8.73. The monoisotopic (exact) mass is 516 g/mol. The fourth-order valence-electron chi connectivity index (χ4n) is 3.79. The van der Waals surface area contributed by atoms with E-state index in [1.54, 1.807) is 36.4 Å². The number of carbonyl (C=O) groups is 3. The minimum Gasteiger partial charge on any atom is -0.451 e. The number of nitriles is 1. The summed E-state index contributed by atoms with van der Waals surface area (Å²) in [5, 5.41) is 15.4. The SMILES string of the molecule is CCCCCC(CN(C=O)OCc1ccccc1)C(=O)NCNC(=O)c1ccc(-c2ccc(C#N)cc2)o1. The number of hydrogen-bond acceptors (Lipinski definition) is 6. The van der Waals surface area contributed by atoms with Crippen molar-refractivity contribution in [1.82, 2.24) is 15.7 Å². The zero-order chi connectivity index (χ0) is 27.2. The highest BCUT2D eigenvalue weighted by Crippen LogP contribution is 2.22. The third-order valence-corrected chi connectivity index (χ3v) is 5.92. The largest absolute Gasteiger partial charge is 0.451 e. The molecule has 1 unspecified atom stereocenters. The van der Waals surface area contributed by atoms with E-state index < -0.39 is 11.8 Å². The number of rotatable bonds is 15. The third kappa shape index (κ3) is 8.61. The molecule has 1 aromatic heterocycles. The Kier molecular flexibility index (Phi) is 11.1. The quantitative estimate of drug-likeness (QED) is 0.133. The van der Waals surface area contributed by atoms with E-state index in [1.165, 1.54) is 0 Å². The normalized spacial score (nSPS) is 11.3. The van der Waals surface area contributed by atoms with Crippen LogP contribution in [-0.2, 0) is 21.0 Å². The summed E-state index contributed by atoms with van der Waals surface area (Å²) in [5.74, 6) is -0.669. The van der Waals surface area contributed by atoms with Gasteiger partial charge in [-0.1, -0.05) is 56.5 Å². The van der Waals surface area contributed by atoms with Crippen LogP contribution < -0.4 is 10.6 Å². The van der Waals surface area contributed by atoms with Gasteiger partial charge in [0.25, 0.3) is 5.91 Å². The van der Waals surface area contributed by atoms with Crippen LogP contribution in [-0.4, -0.2) is 36.5 Å². The highest BCUT2D eigenvalue weighted by molar-refractivity contribution is 5.92. The Morgan fingerprint density at radius 2 is 1.82 bits per heavy atom. The fourth-order valence-corrected chi connectivity index (χ4v) is 3.79. The number of hydrogen-bond donors (Lipinski definition) is 2. The Hall–Kier alpha value is -4.42. The van der Waals surface area contributed by atoms with Crippen molar-refractivity contribution in [1.29, 1.82) is 5.26 Å². The van der Waals surface area contributed by atoms with Crippen molar-refractivity contribution < 1.29 is 23.6 Å². The van der Waals surface area contributed by atoms with Gasteiger partial charge in [0.1, 0.15) is 12.4 Å². The summed E-state index contributed by atoms with van der Waals surface area (Å²) in [6, 6.07) is 21.5. The molecular weight excluding hydrogens is 484 g/mol. The Bertz CT molecular complexity index is 1220. The van der Waals surface area contributed by atoms with E-state index in [1.807, 2.05) is 30.3 Å². The van der Waals surface area contributed by atoms with Crippen LogP contribution >= 0.6 is 0 Å². The van der Waals surface area contributed by atoms with Crippen molar-refractivity contribution in [3.63, 3.8) is 0 Å². The number of furan rings is 1. The first-order valence-corrected chi connectivity index (χ1v) is 12.6. The maximum absolute atomic E-state index is 12.9. The van der Waals surface area contributed by atoms with Crippen LogP contribution in [0.15, 0.2) is 71.1 Å². The van der Waals surface area contributed by atoms with Crippen molar-refractivity contribution in [2.75, 3.05) is 13.2 Å². The van der Waals surface area contributed by atoms with Crippen molar-refractivity contribution >= 4 is 18.2 Å². The second-order valence-corrected chi connectivity index (χ2v) is 8.73. The highest BCUT2D eigenvalue weighted by atomic mass is 16.7. The molecule has 1 atom stereocenters. The van der Waals surface area contributed by atoms with E-state index in [9.17, 15) is 14.4 Å². The number of unbranched alkanes of at least 4 members (excludes halogenated alkanes) is 2. The molecule has 198 valence electrons. The predicted octanol–water partition coefficient (Wildman–Crippen LogP) is 4.41. The molecule has 3 aromatic rings. The van der Waals surface area contributed by atoms with E-state index in [2.05, 4.69) is 23.6 Å². The molecule has 38 heavy (non-hydrogen) atoms. The molecule has 0 spiro atoms. The average Bonchev–Trinajstić information content (AvgIpc) is 3.45. The summed E-state index contributed by atoms with van der Waals surface area (Å²) in [4.78, 5) is 42.6. The molecule has 0 saturated carbocycles. The number of benzene rings is 2. The molecule has 2 aromatic carbocycles. The number of hydroxylamine groups is 2. The summed E-state index contributed by atoms with van der Waals surface area (Å²) >= 11 is 0. The van der Waals surface area contributed by atoms with Crippen LogP contribution in [0.1, 0.15) is 54.3 Å². The summed E-state index contributed by atoms with van der Waals surface area (Å²) in [5.41, 5.74) is 2.18. The van der Waals surface area contributed by atoms with Gasteiger partial charge in [0.15, 0.2) is 5.76 Å². The van der Waals surface area contributed by atoms with Gasteiger partial charge in [-0.25, -0.2) is 5.06 Å². The van der Waals surface area contributed by atoms with Crippen LogP contribution in [0.4, 0.5) is 0 Å². The standard InChI is InChI=1S/C29H32N4O5/c1-2-3-5-10-25(18-33(21-34)37-19-23-8-6-4-7-9-23)28(35)31-20-32-29(36)27-16-15-26(38-27)24-13-11-22(17-30)12-14-24/h4,6-9,11-16,21,25H,2-3,5,10,18-20H2,1H3,(H,31,35)(H,32,36). The van der Waals surface area contributed by atoms with Gasteiger partial charge in [0.05, 0.1) is 30.8 Å². The third-order valence-electron chi connectivity index (χ3n) is 5.92. The Morgan fingerprint density at radius 1 is 1.05 bits per heavy atom. The molecule has 0 radical (unpaired) electrons. The molecule has 0 bridgehead atoms. The van der Waals surface area contributed by atoms with Crippen LogP contribution in [0.2, 0.25) is 0 Å². The first kappa shape index (κ1) is 28.2. The Labute approximate surface area is 222 Å². The Morgan fingerprint density at radius 3 is 2.50 bits per heavy atom. The lowest BCUT2D eigenvalue weighted by atomic mass is 10.0. The molecule has 2 N–H and O–H groups in total. The van der Waals surface area contributed by atoms with Crippen LogP contribution in [0, 0.1) is 17.2 Å². The van der Waals surface area contributed by atoms with Gasteiger partial charge >= 0.3 is 0 Å². The Balaban J connectivity index is 1.51. The van der Waals surface area contributed by atoms with Crippen molar-refractivity contribution in [3.8, 4) is 17.4 Å². The maximum atomic E-state index is 12.9. The number of nitrogens with one attached hydrogen (secondary N) is 2. The van der Waals surface area contributed by atoms with Crippen molar-refractivity contribution in [3.05, 3.63) is 83.6 Å². The highest BCUT2D eigenvalue weighted by Gasteiger charge is 2.22. The second kappa shape index (κ2) is 15.0. The molecule has 0 aliphatic carbocycles. The lowest BCUT2D eigenvalue weighted by molar-refractivity contribution is -0.182. The molecule has 9 nitrogen and oxygen atoms in total. The smallest absolute Gasteiger partial charge is 0.288 e. The molecule has 1 heterocycles. The van der Waals surface area contributed by atoms with E-state index in [4.69, 9.17) is 14.5 Å². The minimum atomic E-state index is -0.494. The minimum absolute atomic E-state index is 0.0964. The van der Waals surface area contributed by atoms with Gasteiger partial charge in [-0.2, -0.15) is 5.26 Å². The molecule has 0 aliphatic heterocycles. The van der Waals surface area contributed by atoms with Crippen LogP contribution in [0.25, 0.3) is 11.3 Å². The summed E-state index contributed by atoms with van der Waals surface area (Å²) in [6.07, 6.45) is 3.95. The number of carbonyl (C=O) groups excluding carboxylic acids is 3. The van der Waals surface area contributed by atoms with E-state index in [0.29, 0.717) is 24.2 Å². The lowest BCUT2D eigenvalue weighted by Gasteiger charge is -2.23. The lowest BCUT2D eigenvalue weighted by Crippen LogP contribution is -2.43. The summed E-state index contributed by atoms with van der Waals surface area (Å²) in [6.45, 7) is 2.30. The van der Waals surface area contributed by atoms with E-state index >= 15 is 0 Å². The first-order chi connectivity index (χ1) is 18.5. The molecule has 0 saturated heterocycles. The average molecular weight is 517 g/mol. The maximum Gasteiger partial charge on any atom is 0.288 e. The van der Waals surface area contributed by atoms with Crippen LogP contribution in [0.3, 0.4) is 0 Å². The van der Waals surface area contributed by atoms with Gasteiger partial charge in [-0.15, -0.1) is 0 Å². The number of amides is 3. The van der Waals surface area contributed by atoms with Gasteiger partial charge < -0.3 is 15.1 Å². The molecule has 3 amide bonds. The topological polar surface area (TPSA) is 125 Å².